The summed E-state index contributed by atoms with van der Waals surface area (Å²) in [6.07, 6.45) is 5.01. The number of hydrogen-bond donors (Lipinski definition) is 1. The molecule has 1 amide bonds. The topological polar surface area (TPSA) is 56.2 Å². The summed E-state index contributed by atoms with van der Waals surface area (Å²) in [5.41, 5.74) is 2.03. The zero-order chi connectivity index (χ0) is 13.1. The van der Waals surface area contributed by atoms with E-state index < -0.39 is 0 Å². The highest BCUT2D eigenvalue weighted by atomic mass is 16.5. The molecule has 0 atom stereocenters. The van der Waals surface area contributed by atoms with Crippen LogP contribution in [0.4, 0.5) is 5.69 Å². The Labute approximate surface area is 111 Å². The lowest BCUT2D eigenvalue weighted by atomic mass is 10.0. The second kappa shape index (κ2) is 5.14. The maximum atomic E-state index is 11.3. The molecular weight excluding hydrogens is 242 g/mol. The van der Waals surface area contributed by atoms with Crippen LogP contribution in [0.1, 0.15) is 12.0 Å². The Balaban J connectivity index is 1.62. The van der Waals surface area contributed by atoms with Gasteiger partial charge in [-0.1, -0.05) is 6.07 Å². The van der Waals surface area contributed by atoms with Crippen LogP contribution >= 0.6 is 0 Å². The summed E-state index contributed by atoms with van der Waals surface area (Å²) < 4.78 is 7.49. The van der Waals surface area contributed by atoms with E-state index in [2.05, 4.69) is 10.4 Å². The molecule has 0 aliphatic carbocycles. The molecule has 1 aliphatic rings. The third-order valence-corrected chi connectivity index (χ3v) is 3.13. The number of rotatable bonds is 4. The first-order chi connectivity index (χ1) is 9.31. The largest absolute Gasteiger partial charge is 0.492 e. The van der Waals surface area contributed by atoms with Crippen LogP contribution in [0.5, 0.6) is 5.75 Å². The van der Waals surface area contributed by atoms with E-state index in [1.807, 2.05) is 35.1 Å². The van der Waals surface area contributed by atoms with Gasteiger partial charge < -0.3 is 10.1 Å². The molecule has 5 nitrogen and oxygen atoms in total. The quantitative estimate of drug-likeness (QED) is 0.909. The number of hydrogen-bond acceptors (Lipinski definition) is 3. The van der Waals surface area contributed by atoms with Gasteiger partial charge >= 0.3 is 0 Å². The Morgan fingerprint density at radius 2 is 2.32 bits per heavy atom. The number of anilines is 1. The van der Waals surface area contributed by atoms with E-state index in [4.69, 9.17) is 4.74 Å². The van der Waals surface area contributed by atoms with Crippen molar-refractivity contribution in [2.24, 2.45) is 0 Å². The normalized spacial score (nSPS) is 13.8. The summed E-state index contributed by atoms with van der Waals surface area (Å²) in [5.74, 6) is 0.842. The summed E-state index contributed by atoms with van der Waals surface area (Å²) in [4.78, 5) is 11.3. The molecule has 0 saturated heterocycles. The van der Waals surface area contributed by atoms with Crippen molar-refractivity contribution in [1.29, 1.82) is 0 Å². The highest BCUT2D eigenvalue weighted by Crippen LogP contribution is 2.27. The second-order valence-electron chi connectivity index (χ2n) is 4.48. The van der Waals surface area contributed by atoms with Gasteiger partial charge in [0.05, 0.1) is 6.54 Å². The van der Waals surface area contributed by atoms with E-state index in [1.54, 1.807) is 6.20 Å². The summed E-state index contributed by atoms with van der Waals surface area (Å²) in [7, 11) is 0. The molecule has 2 heterocycles. The minimum Gasteiger partial charge on any atom is -0.492 e. The lowest BCUT2D eigenvalue weighted by molar-refractivity contribution is -0.116. The van der Waals surface area contributed by atoms with E-state index >= 15 is 0 Å². The minimum atomic E-state index is 0.0705. The molecule has 1 aliphatic heterocycles. The molecule has 0 saturated carbocycles. The van der Waals surface area contributed by atoms with Gasteiger partial charge in [0.1, 0.15) is 12.4 Å². The van der Waals surface area contributed by atoms with Crippen molar-refractivity contribution in [3.05, 3.63) is 42.2 Å². The third-order valence-electron chi connectivity index (χ3n) is 3.13. The van der Waals surface area contributed by atoms with Crippen molar-refractivity contribution >= 4 is 11.6 Å². The number of nitrogens with zero attached hydrogens (tertiary/aromatic N) is 2. The van der Waals surface area contributed by atoms with Crippen molar-refractivity contribution in [2.75, 3.05) is 11.9 Å². The number of aromatic nitrogens is 2. The average Bonchev–Trinajstić information content (AvgIpc) is 2.91. The molecule has 0 spiro atoms. The summed E-state index contributed by atoms with van der Waals surface area (Å²) >= 11 is 0. The number of carbonyl (C=O) groups is 1. The first-order valence-electron chi connectivity index (χ1n) is 6.34. The number of amides is 1. The standard InChI is InChI=1S/C14H15N3O2/c18-14-5-3-11-2-4-12(10-13(11)16-14)19-9-8-17-7-1-6-15-17/h1-2,4,6-7,10H,3,5,8-9H2,(H,16,18). The van der Waals surface area contributed by atoms with Crippen LogP contribution in [-0.2, 0) is 17.8 Å². The Hall–Kier alpha value is -2.30. The zero-order valence-corrected chi connectivity index (χ0v) is 10.5. The molecule has 0 bridgehead atoms. The molecule has 1 aromatic carbocycles. The molecular formula is C14H15N3O2. The smallest absolute Gasteiger partial charge is 0.224 e. The maximum absolute atomic E-state index is 11.3. The Morgan fingerprint density at radius 3 is 3.16 bits per heavy atom. The first kappa shape index (κ1) is 11.8. The van der Waals surface area contributed by atoms with Gasteiger partial charge in [-0.15, -0.1) is 0 Å². The van der Waals surface area contributed by atoms with Crippen molar-refractivity contribution in [3.63, 3.8) is 0 Å². The molecule has 98 valence electrons. The molecule has 19 heavy (non-hydrogen) atoms. The van der Waals surface area contributed by atoms with Gasteiger partial charge in [-0.05, 0) is 24.1 Å². The third kappa shape index (κ3) is 2.76. The van der Waals surface area contributed by atoms with Crippen LogP contribution in [0.2, 0.25) is 0 Å². The molecule has 0 unspecified atom stereocenters. The van der Waals surface area contributed by atoms with E-state index in [0.29, 0.717) is 19.6 Å². The number of ether oxygens (including phenoxy) is 1. The highest BCUT2D eigenvalue weighted by Gasteiger charge is 2.14. The lowest BCUT2D eigenvalue weighted by Crippen LogP contribution is -2.19. The average molecular weight is 257 g/mol. The van der Waals surface area contributed by atoms with Gasteiger partial charge in [-0.2, -0.15) is 5.10 Å². The van der Waals surface area contributed by atoms with E-state index in [1.165, 1.54) is 5.56 Å². The molecule has 5 heteroatoms. The van der Waals surface area contributed by atoms with Gasteiger partial charge in [0, 0.05) is 30.6 Å². The van der Waals surface area contributed by atoms with Crippen molar-refractivity contribution in [3.8, 4) is 5.75 Å². The Kier molecular flexibility index (Phi) is 3.18. The Bertz CT molecular complexity index is 578. The Morgan fingerprint density at radius 1 is 1.37 bits per heavy atom. The van der Waals surface area contributed by atoms with E-state index in [9.17, 15) is 4.79 Å². The molecule has 3 rings (SSSR count). The minimum absolute atomic E-state index is 0.0705. The van der Waals surface area contributed by atoms with Crippen molar-refractivity contribution < 1.29 is 9.53 Å². The molecule has 0 fully saturated rings. The highest BCUT2D eigenvalue weighted by molar-refractivity contribution is 5.94. The van der Waals surface area contributed by atoms with E-state index in [-0.39, 0.29) is 5.91 Å². The number of nitrogens with one attached hydrogen (secondary N) is 1. The number of carbonyl (C=O) groups excluding carboxylic acids is 1. The fourth-order valence-electron chi connectivity index (χ4n) is 2.13. The summed E-state index contributed by atoms with van der Waals surface area (Å²) in [5, 5.41) is 6.98. The second-order valence-corrected chi connectivity index (χ2v) is 4.48. The van der Waals surface area contributed by atoms with Crippen LogP contribution in [0.25, 0.3) is 0 Å². The maximum Gasteiger partial charge on any atom is 0.224 e. The van der Waals surface area contributed by atoms with Crippen LogP contribution < -0.4 is 10.1 Å². The monoisotopic (exact) mass is 257 g/mol. The molecule has 1 aromatic heterocycles. The van der Waals surface area contributed by atoms with Crippen LogP contribution in [0.3, 0.4) is 0 Å². The predicted octanol–water partition coefficient (Wildman–Crippen LogP) is 1.85. The number of fused-ring (bicyclic) bond motifs is 1. The molecule has 1 N–H and O–H groups in total. The van der Waals surface area contributed by atoms with Gasteiger partial charge in [-0.3, -0.25) is 9.48 Å². The van der Waals surface area contributed by atoms with Crippen LogP contribution in [-0.4, -0.2) is 22.3 Å². The van der Waals surface area contributed by atoms with Crippen LogP contribution in [0.15, 0.2) is 36.7 Å². The van der Waals surface area contributed by atoms with Gasteiger partial charge in [-0.25, -0.2) is 0 Å². The summed E-state index contributed by atoms with van der Waals surface area (Å²) in [6, 6.07) is 7.72. The molecule has 2 aromatic rings. The van der Waals surface area contributed by atoms with Crippen molar-refractivity contribution in [2.45, 2.75) is 19.4 Å². The first-order valence-corrected chi connectivity index (χ1v) is 6.34. The fraction of sp³-hybridized carbons (Fsp3) is 0.286. The summed E-state index contributed by atoms with van der Waals surface area (Å²) in [6.45, 7) is 1.25. The fourth-order valence-corrected chi connectivity index (χ4v) is 2.13. The molecule has 0 radical (unpaired) electrons. The lowest BCUT2D eigenvalue weighted by Gasteiger charge is -2.17. The SMILES string of the molecule is O=C1CCc2ccc(OCCn3cccn3)cc2N1. The van der Waals surface area contributed by atoms with Gasteiger partial charge in [0.25, 0.3) is 0 Å². The zero-order valence-electron chi connectivity index (χ0n) is 10.5. The van der Waals surface area contributed by atoms with Gasteiger partial charge in [0.2, 0.25) is 5.91 Å². The van der Waals surface area contributed by atoms with Crippen molar-refractivity contribution in [1.82, 2.24) is 9.78 Å². The van der Waals surface area contributed by atoms with E-state index in [0.717, 1.165) is 17.9 Å². The predicted molar refractivity (Wildman–Crippen MR) is 71.1 cm³/mol. The van der Waals surface area contributed by atoms with Crippen LogP contribution in [0, 0.1) is 0 Å². The number of aryl methyl sites for hydroxylation is 1. The van der Waals surface area contributed by atoms with Gasteiger partial charge in [0.15, 0.2) is 0 Å². The number of benzene rings is 1.